The van der Waals surface area contributed by atoms with Crippen LogP contribution in [0.4, 0.5) is 0 Å². The lowest BCUT2D eigenvalue weighted by Gasteiger charge is -2.18. The minimum Gasteiger partial charge on any atom is -0.123 e. The van der Waals surface area contributed by atoms with Crippen molar-refractivity contribution in [3.8, 4) is 0 Å². The van der Waals surface area contributed by atoms with Gasteiger partial charge in [-0.05, 0) is 12.8 Å². The van der Waals surface area contributed by atoms with Gasteiger partial charge in [-0.3, -0.25) is 0 Å². The van der Waals surface area contributed by atoms with Gasteiger partial charge in [0.15, 0.2) is 3.79 Å². The molecule has 0 aromatic rings. The average molecular weight is 344 g/mol. The van der Waals surface area contributed by atoms with Crippen molar-refractivity contribution in [3.05, 3.63) is 0 Å². The van der Waals surface area contributed by atoms with Gasteiger partial charge in [0.25, 0.3) is 0 Å². The van der Waals surface area contributed by atoms with Crippen LogP contribution in [0.15, 0.2) is 0 Å². The van der Waals surface area contributed by atoms with Crippen LogP contribution < -0.4 is 0 Å². The Morgan fingerprint density at radius 2 is 1.43 bits per heavy atom. The van der Waals surface area contributed by atoms with Crippen molar-refractivity contribution in [2.75, 3.05) is 0 Å². The molecule has 0 saturated heterocycles. The highest BCUT2D eigenvalue weighted by Crippen LogP contribution is 2.35. The predicted molar refractivity (Wildman–Crippen MR) is 68.9 cm³/mol. The Hall–Kier alpha value is 2.03. The summed E-state index contributed by atoms with van der Waals surface area (Å²) in [5, 5.41) is -3.54. The van der Waals surface area contributed by atoms with E-state index >= 15 is 0 Å². The van der Waals surface area contributed by atoms with Crippen LogP contribution in [-0.4, -0.2) is 19.3 Å². The maximum Gasteiger partial charge on any atom is 0.192 e. The zero-order chi connectivity index (χ0) is 14.1. The quantitative estimate of drug-likeness (QED) is 0.574. The van der Waals surface area contributed by atoms with Crippen LogP contribution >= 0.6 is 81.2 Å². The molecule has 0 N–H and O–H groups in total. The van der Waals surface area contributed by atoms with Gasteiger partial charge in [-0.1, -0.05) is 34.8 Å². The molecule has 0 fully saturated rings. The van der Waals surface area contributed by atoms with E-state index in [2.05, 4.69) is 0 Å². The fraction of sp³-hybridized carbons (Fsp3) is 1.00. The van der Waals surface area contributed by atoms with Gasteiger partial charge in [0, 0.05) is 19.9 Å². The molecule has 2 unspecified atom stereocenters. The smallest absolute Gasteiger partial charge is 0.123 e. The first-order valence-electron chi connectivity index (χ1n) is 4.94. The molecule has 86 valence electrons. The molecular formula is C7H9Cl7. The summed E-state index contributed by atoms with van der Waals surface area (Å²) in [6.07, 6.45) is -1.09. The monoisotopic (exact) mass is 341 g/mol. The fourth-order valence-electron chi connectivity index (χ4n) is 0.696. The van der Waals surface area contributed by atoms with E-state index in [0.717, 1.165) is 0 Å². The second-order valence-corrected chi connectivity index (χ2v) is 7.21. The maximum absolute atomic E-state index is 7.71. The molecular weight excluding hydrogens is 332 g/mol. The lowest BCUT2D eigenvalue weighted by atomic mass is 10.1. The topological polar surface area (TPSA) is 0 Å². The summed E-state index contributed by atoms with van der Waals surface area (Å²) in [5.74, 6) is 0. The van der Waals surface area contributed by atoms with Crippen LogP contribution in [0.3, 0.4) is 0 Å². The molecule has 0 spiro atoms. The largest absolute Gasteiger partial charge is 0.192 e. The average Bonchev–Trinajstić information content (AvgIpc) is 1.65. The Balaban J connectivity index is 4.59. The van der Waals surface area contributed by atoms with Crippen molar-refractivity contribution in [1.82, 2.24) is 0 Å². The van der Waals surface area contributed by atoms with Gasteiger partial charge < -0.3 is 0 Å². The van der Waals surface area contributed by atoms with E-state index in [1.165, 1.54) is 0 Å². The lowest BCUT2D eigenvalue weighted by molar-refractivity contribution is 0.648. The Morgan fingerprint density at radius 3 is 1.79 bits per heavy atom. The van der Waals surface area contributed by atoms with Gasteiger partial charge >= 0.3 is 0 Å². The van der Waals surface area contributed by atoms with Gasteiger partial charge in [0.1, 0.15) is 4.81 Å². The minimum atomic E-state index is -1.93. The summed E-state index contributed by atoms with van der Waals surface area (Å²) >= 11 is 39.0. The zero-order valence-electron chi connectivity index (χ0n) is 9.77. The summed E-state index contributed by atoms with van der Waals surface area (Å²) < 4.78 is 20.9. The van der Waals surface area contributed by atoms with Gasteiger partial charge in [0.2, 0.25) is 0 Å². The zero-order valence-corrected chi connectivity index (χ0v) is 12.1. The van der Waals surface area contributed by atoms with Crippen molar-refractivity contribution >= 4 is 81.2 Å². The van der Waals surface area contributed by atoms with E-state index in [0.29, 0.717) is 0 Å². The molecule has 2 atom stereocenters. The lowest BCUT2D eigenvalue weighted by Crippen LogP contribution is -2.17. The molecule has 14 heavy (non-hydrogen) atoms. The van der Waals surface area contributed by atoms with Gasteiger partial charge in [-0.25, -0.2) is 0 Å². The molecule has 0 rings (SSSR count). The molecule has 0 bridgehead atoms. The van der Waals surface area contributed by atoms with E-state index in [4.69, 9.17) is 85.3 Å². The predicted octanol–water partition coefficient (Wildman–Crippen LogP) is 5.55. The van der Waals surface area contributed by atoms with Gasteiger partial charge in [0.05, 0.1) is 1.37 Å². The van der Waals surface area contributed by atoms with Crippen LogP contribution in [-0.2, 0) is 0 Å². The standard InChI is InChI=1S/C7H9Cl7/c8-4(2-6(10)11)1-5(9)3-7(12,13)14/h4-6H,1-3H2/i4D,5D,6D. The Bertz CT molecular complexity index is 229. The molecule has 0 radical (unpaired) electrons. The van der Waals surface area contributed by atoms with Gasteiger partial charge in [-0.2, -0.15) is 0 Å². The normalized spacial score (nSPS) is 25.5. The second-order valence-electron chi connectivity index (χ2n) is 2.52. The first kappa shape index (κ1) is 11.1. The molecule has 0 nitrogen and oxygen atoms in total. The molecule has 0 amide bonds. The Morgan fingerprint density at radius 1 is 0.929 bits per heavy atom. The van der Waals surface area contributed by atoms with Crippen molar-refractivity contribution in [2.24, 2.45) is 0 Å². The van der Waals surface area contributed by atoms with E-state index in [1.807, 2.05) is 0 Å². The van der Waals surface area contributed by atoms with Crippen LogP contribution in [0.5, 0.6) is 0 Å². The fourth-order valence-corrected chi connectivity index (χ4v) is 2.57. The first-order chi connectivity index (χ1) is 7.12. The number of alkyl halides is 7. The van der Waals surface area contributed by atoms with Crippen LogP contribution in [0.25, 0.3) is 0 Å². The summed E-state index contributed by atoms with van der Waals surface area (Å²) in [4.78, 5) is -1.93. The summed E-state index contributed by atoms with van der Waals surface area (Å²) in [6, 6.07) is 0. The third-order valence-electron chi connectivity index (χ3n) is 1.10. The molecule has 7 heteroatoms. The molecule has 0 aromatic heterocycles. The molecule has 0 heterocycles. The van der Waals surface area contributed by atoms with E-state index < -0.39 is 25.7 Å². The molecule has 0 aliphatic carbocycles. The van der Waals surface area contributed by atoms with Crippen LogP contribution in [0, 0.1) is 0 Å². The number of hydrogen-bond donors (Lipinski definition) is 0. The van der Waals surface area contributed by atoms with E-state index in [9.17, 15) is 0 Å². The number of rotatable bonds is 5. The number of halogens is 7. The molecule has 0 aliphatic heterocycles. The summed E-state index contributed by atoms with van der Waals surface area (Å²) in [5.41, 5.74) is 0. The highest BCUT2D eigenvalue weighted by molar-refractivity contribution is 6.67. The second kappa shape index (κ2) is 7.37. The van der Waals surface area contributed by atoms with E-state index in [1.54, 1.807) is 0 Å². The Kier molecular flexibility index (Phi) is 5.87. The summed E-state index contributed by atoms with van der Waals surface area (Å²) in [6.45, 7) is 0. The highest BCUT2D eigenvalue weighted by Gasteiger charge is 2.26. The first-order valence-corrected chi connectivity index (χ1v) is 6.09. The third kappa shape index (κ3) is 10.5. The minimum absolute atomic E-state index is 0.324. The Labute approximate surface area is 123 Å². The van der Waals surface area contributed by atoms with Crippen LogP contribution in [0.1, 0.15) is 23.4 Å². The molecule has 0 aromatic carbocycles. The number of hydrogen-bond acceptors (Lipinski definition) is 0. The van der Waals surface area contributed by atoms with Crippen LogP contribution in [0.2, 0.25) is 0 Å². The third-order valence-corrected chi connectivity index (χ3v) is 2.30. The molecule has 0 aliphatic rings. The maximum atomic E-state index is 7.71. The van der Waals surface area contributed by atoms with Gasteiger partial charge in [-0.15, -0.1) is 46.4 Å². The SMILES string of the molecule is [2H]C(Cl)(Cl)CC([2H])(Cl)CC([2H])(Cl)CC(Cl)(Cl)Cl. The van der Waals surface area contributed by atoms with E-state index in [-0.39, 0.29) is 12.8 Å². The van der Waals surface area contributed by atoms with Crippen molar-refractivity contribution in [3.63, 3.8) is 0 Å². The van der Waals surface area contributed by atoms with Crippen molar-refractivity contribution < 1.29 is 4.11 Å². The van der Waals surface area contributed by atoms with Crippen molar-refractivity contribution in [1.29, 1.82) is 0 Å². The molecule has 0 saturated carbocycles. The van der Waals surface area contributed by atoms with Crippen molar-refractivity contribution in [2.45, 2.75) is 38.6 Å². The summed E-state index contributed by atoms with van der Waals surface area (Å²) in [7, 11) is 0. The highest BCUT2D eigenvalue weighted by atomic mass is 35.6.